The van der Waals surface area contributed by atoms with E-state index < -0.39 is 0 Å². The number of nitrogens with one attached hydrogen (secondary N) is 1. The zero-order valence-electron chi connectivity index (χ0n) is 13.1. The molecule has 1 aromatic carbocycles. The van der Waals surface area contributed by atoms with E-state index in [2.05, 4.69) is 15.5 Å². The number of methoxy groups -OCH3 is 1. The molecule has 2 rings (SSSR count). The second-order valence-electron chi connectivity index (χ2n) is 4.58. The number of anilines is 1. The molecule has 1 aromatic heterocycles. The molecule has 0 bridgehead atoms. The van der Waals surface area contributed by atoms with E-state index in [1.165, 1.54) is 36.8 Å². The number of carbonyl (C=O) groups is 1. The third kappa shape index (κ3) is 4.59. The van der Waals surface area contributed by atoms with E-state index >= 15 is 0 Å². The number of phenols is 2. The minimum absolute atomic E-state index is 0.103. The zero-order chi connectivity index (χ0) is 17.5. The van der Waals surface area contributed by atoms with Crippen molar-refractivity contribution in [3.8, 4) is 17.2 Å². The molecule has 0 aliphatic rings. The topological polar surface area (TPSA) is 113 Å². The first-order chi connectivity index (χ1) is 11.5. The second-order valence-corrected chi connectivity index (χ2v) is 5.44. The van der Waals surface area contributed by atoms with Gasteiger partial charge in [-0.2, -0.15) is 5.10 Å². The second kappa shape index (κ2) is 8.16. The van der Waals surface area contributed by atoms with Crippen LogP contribution in [0.1, 0.15) is 18.2 Å². The predicted octanol–water partition coefficient (Wildman–Crippen LogP) is 2.11. The van der Waals surface area contributed by atoms with Crippen LogP contribution in [0.15, 0.2) is 22.6 Å². The molecular weight excluding hydrogens is 334 g/mol. The molecule has 0 unspecified atom stereocenters. The third-order valence-electron chi connectivity index (χ3n) is 2.87. The first-order valence-corrected chi connectivity index (χ1v) is 7.90. The van der Waals surface area contributed by atoms with Crippen molar-refractivity contribution < 1.29 is 24.5 Å². The van der Waals surface area contributed by atoms with Gasteiger partial charge >= 0.3 is 5.97 Å². The number of carbonyl (C=O) groups excluding carboxylic acids is 1. The molecule has 24 heavy (non-hydrogen) atoms. The van der Waals surface area contributed by atoms with Crippen LogP contribution in [0.2, 0.25) is 0 Å². The molecule has 0 amide bonds. The van der Waals surface area contributed by atoms with E-state index in [0.29, 0.717) is 23.0 Å². The highest BCUT2D eigenvalue weighted by Crippen LogP contribution is 2.32. The first-order valence-electron chi connectivity index (χ1n) is 7.02. The summed E-state index contributed by atoms with van der Waals surface area (Å²) in [5, 5.41) is 25.5. The van der Waals surface area contributed by atoms with Crippen molar-refractivity contribution in [3.63, 3.8) is 0 Å². The van der Waals surface area contributed by atoms with Gasteiger partial charge in [-0.25, -0.2) is 4.98 Å². The molecule has 8 nitrogen and oxygen atoms in total. The van der Waals surface area contributed by atoms with Gasteiger partial charge in [-0.05, 0) is 13.0 Å². The fraction of sp³-hybridized carbons (Fsp3) is 0.267. The summed E-state index contributed by atoms with van der Waals surface area (Å²) in [7, 11) is 1.41. The van der Waals surface area contributed by atoms with Crippen LogP contribution >= 0.6 is 11.3 Å². The van der Waals surface area contributed by atoms with Gasteiger partial charge < -0.3 is 19.7 Å². The van der Waals surface area contributed by atoms with Crippen molar-refractivity contribution in [2.45, 2.75) is 13.3 Å². The summed E-state index contributed by atoms with van der Waals surface area (Å²) < 4.78 is 9.82. The van der Waals surface area contributed by atoms with Gasteiger partial charge in [0.05, 0.1) is 32.0 Å². The summed E-state index contributed by atoms with van der Waals surface area (Å²) in [5.74, 6) is -0.413. The monoisotopic (exact) mass is 351 g/mol. The lowest BCUT2D eigenvalue weighted by Gasteiger charge is -2.05. The highest BCUT2D eigenvalue weighted by Gasteiger charge is 2.09. The molecule has 1 heterocycles. The third-order valence-corrected chi connectivity index (χ3v) is 3.67. The molecule has 0 radical (unpaired) electrons. The average Bonchev–Trinajstić information content (AvgIpc) is 2.97. The molecule has 0 saturated heterocycles. The molecule has 3 N–H and O–H groups in total. The van der Waals surface area contributed by atoms with Crippen molar-refractivity contribution >= 4 is 28.7 Å². The minimum Gasteiger partial charge on any atom is -0.507 e. The number of benzene rings is 1. The van der Waals surface area contributed by atoms with Crippen molar-refractivity contribution in [1.82, 2.24) is 4.98 Å². The maximum atomic E-state index is 11.4. The van der Waals surface area contributed by atoms with Crippen LogP contribution < -0.4 is 10.2 Å². The Hall–Kier alpha value is -2.81. The Kier molecular flexibility index (Phi) is 5.96. The van der Waals surface area contributed by atoms with Crippen LogP contribution in [-0.4, -0.2) is 41.1 Å². The summed E-state index contributed by atoms with van der Waals surface area (Å²) in [4.78, 5) is 15.6. The van der Waals surface area contributed by atoms with Crippen molar-refractivity contribution in [2.24, 2.45) is 5.10 Å². The van der Waals surface area contributed by atoms with Crippen LogP contribution in [0.4, 0.5) is 5.13 Å². The van der Waals surface area contributed by atoms with Crippen molar-refractivity contribution in [1.29, 1.82) is 0 Å². The molecule has 0 aliphatic heterocycles. The summed E-state index contributed by atoms with van der Waals surface area (Å²) in [5.41, 5.74) is 3.66. The number of aromatic nitrogens is 1. The molecule has 0 spiro atoms. The molecular formula is C15H17N3O5S. The number of hydrogen-bond donors (Lipinski definition) is 3. The van der Waals surface area contributed by atoms with Gasteiger partial charge in [0, 0.05) is 17.0 Å². The zero-order valence-corrected chi connectivity index (χ0v) is 14.0. The summed E-state index contributed by atoms with van der Waals surface area (Å²) in [6.45, 7) is 2.08. The number of hydrazone groups is 1. The number of hydrogen-bond acceptors (Lipinski definition) is 9. The first kappa shape index (κ1) is 17.5. The Bertz CT molecular complexity index is 745. The number of ether oxygens (including phenoxy) is 2. The molecule has 0 fully saturated rings. The van der Waals surface area contributed by atoms with Gasteiger partial charge in [0.1, 0.15) is 5.75 Å². The number of aromatic hydroxyl groups is 2. The number of phenolic OH excluding ortho intramolecular Hbond substituents is 2. The highest BCUT2D eigenvalue weighted by molar-refractivity contribution is 7.13. The molecule has 128 valence electrons. The highest BCUT2D eigenvalue weighted by atomic mass is 32.1. The van der Waals surface area contributed by atoms with E-state index in [1.807, 2.05) is 0 Å². The minimum atomic E-state index is -0.334. The number of esters is 1. The lowest BCUT2D eigenvalue weighted by Crippen LogP contribution is -2.07. The summed E-state index contributed by atoms with van der Waals surface area (Å²) in [6, 6.07) is 2.62. The molecule has 9 heteroatoms. The Balaban J connectivity index is 2.00. The van der Waals surface area contributed by atoms with Crippen LogP contribution in [0.3, 0.4) is 0 Å². The molecule has 0 aliphatic carbocycles. The van der Waals surface area contributed by atoms with E-state index in [0.717, 1.165) is 0 Å². The normalized spacial score (nSPS) is 10.8. The van der Waals surface area contributed by atoms with Crippen molar-refractivity contribution in [3.05, 3.63) is 28.8 Å². The average molecular weight is 351 g/mol. The molecule has 2 aromatic rings. The van der Waals surface area contributed by atoms with Gasteiger partial charge in [0.15, 0.2) is 11.5 Å². The van der Waals surface area contributed by atoms with Gasteiger partial charge in [0.2, 0.25) is 5.13 Å². The maximum absolute atomic E-state index is 11.4. The van der Waals surface area contributed by atoms with Gasteiger partial charge in [-0.15, -0.1) is 11.3 Å². The molecule has 0 saturated carbocycles. The van der Waals surface area contributed by atoms with Gasteiger partial charge in [0.25, 0.3) is 0 Å². The quantitative estimate of drug-likeness (QED) is 0.398. The van der Waals surface area contributed by atoms with E-state index in [-0.39, 0.29) is 29.6 Å². The summed E-state index contributed by atoms with van der Waals surface area (Å²) >= 11 is 1.29. The molecule has 0 atom stereocenters. The number of rotatable bonds is 7. The smallest absolute Gasteiger partial charge is 0.311 e. The standard InChI is InChI=1S/C15H17N3O5S/c1-3-23-14(21)5-10-8-24-15(17-10)18-16-7-9-4-13(22-2)12(20)6-11(9)19/h4,6-8,19-20H,3,5H2,1-2H3,(H,17,18). The fourth-order valence-electron chi connectivity index (χ4n) is 1.80. The Morgan fingerprint density at radius 3 is 2.92 bits per heavy atom. The van der Waals surface area contributed by atoms with E-state index in [9.17, 15) is 15.0 Å². The van der Waals surface area contributed by atoms with Crippen LogP contribution in [0.25, 0.3) is 0 Å². The van der Waals surface area contributed by atoms with Gasteiger partial charge in [-0.1, -0.05) is 0 Å². The Labute approximate surface area is 142 Å². The van der Waals surface area contributed by atoms with Crippen LogP contribution in [-0.2, 0) is 16.0 Å². The van der Waals surface area contributed by atoms with Crippen LogP contribution in [0, 0.1) is 0 Å². The van der Waals surface area contributed by atoms with E-state index in [1.54, 1.807) is 12.3 Å². The van der Waals surface area contributed by atoms with Gasteiger partial charge in [-0.3, -0.25) is 10.2 Å². The Morgan fingerprint density at radius 1 is 1.42 bits per heavy atom. The predicted molar refractivity (Wildman–Crippen MR) is 90.0 cm³/mol. The Morgan fingerprint density at radius 2 is 2.21 bits per heavy atom. The largest absolute Gasteiger partial charge is 0.507 e. The lowest BCUT2D eigenvalue weighted by atomic mass is 10.2. The van der Waals surface area contributed by atoms with Crippen LogP contribution in [0.5, 0.6) is 17.2 Å². The number of thiazole rings is 1. The maximum Gasteiger partial charge on any atom is 0.311 e. The fourth-order valence-corrected chi connectivity index (χ4v) is 2.46. The number of nitrogens with zero attached hydrogens (tertiary/aromatic N) is 2. The lowest BCUT2D eigenvalue weighted by molar-refractivity contribution is -0.142. The summed E-state index contributed by atoms with van der Waals surface area (Å²) in [6.07, 6.45) is 1.47. The van der Waals surface area contributed by atoms with E-state index in [4.69, 9.17) is 9.47 Å². The van der Waals surface area contributed by atoms with Crippen molar-refractivity contribution in [2.75, 3.05) is 19.1 Å². The SMILES string of the molecule is CCOC(=O)Cc1csc(NN=Cc2cc(OC)c(O)cc2O)n1.